The monoisotopic (exact) mass is 311 g/mol. The van der Waals surface area contributed by atoms with Gasteiger partial charge in [-0.15, -0.1) is 12.4 Å². The normalized spacial score (nSPS) is 17.9. The van der Waals surface area contributed by atoms with Crippen molar-refractivity contribution in [3.8, 4) is 0 Å². The largest absolute Gasteiger partial charge is 0.399 e. The van der Waals surface area contributed by atoms with Gasteiger partial charge < -0.3 is 16.4 Å². The van der Waals surface area contributed by atoms with E-state index in [9.17, 15) is 9.59 Å². The van der Waals surface area contributed by atoms with E-state index >= 15 is 0 Å². The van der Waals surface area contributed by atoms with Crippen LogP contribution in [0.25, 0.3) is 0 Å². The number of carbonyl (C=O) groups is 2. The number of piperidine rings is 1. The molecule has 1 fully saturated rings. The van der Waals surface area contributed by atoms with Crippen molar-refractivity contribution in [3.63, 3.8) is 0 Å². The predicted molar refractivity (Wildman–Crippen MR) is 85.0 cm³/mol. The first-order valence-corrected chi connectivity index (χ1v) is 7.02. The number of nitrogen functional groups attached to an aromatic ring is 1. The van der Waals surface area contributed by atoms with E-state index in [1.165, 1.54) is 0 Å². The zero-order valence-electron chi connectivity index (χ0n) is 12.0. The third-order valence-electron chi connectivity index (χ3n) is 3.81. The lowest BCUT2D eigenvalue weighted by molar-refractivity contribution is -0.141. The minimum Gasteiger partial charge on any atom is -0.399 e. The molecule has 1 aliphatic rings. The van der Waals surface area contributed by atoms with E-state index in [1.54, 1.807) is 4.90 Å². The molecule has 1 saturated heterocycles. The minimum absolute atomic E-state index is 0. The molecule has 5 nitrogen and oxygen atoms in total. The topological polar surface area (TPSA) is 89.4 Å². The maximum Gasteiger partial charge on any atom is 0.240 e. The van der Waals surface area contributed by atoms with Crippen molar-refractivity contribution in [2.24, 2.45) is 5.73 Å². The van der Waals surface area contributed by atoms with Gasteiger partial charge in [0.2, 0.25) is 11.8 Å². The zero-order valence-corrected chi connectivity index (χ0v) is 12.8. The molecular formula is C15H22ClN3O2. The number of halogens is 1. The standard InChI is InChI=1S/C15H21N3O2.ClH/c16-12-6-2-1-5-11(12)8-9-14(19)18-10-4-3-7-13(18)15(17)20;/h1-2,5-6,13H,3-4,7-10,16H2,(H2,17,20);1H. The summed E-state index contributed by atoms with van der Waals surface area (Å²) in [6.07, 6.45) is 3.51. The molecule has 1 aliphatic heterocycles. The number of anilines is 1. The maximum absolute atomic E-state index is 12.3. The van der Waals surface area contributed by atoms with Gasteiger partial charge in [0.15, 0.2) is 0 Å². The summed E-state index contributed by atoms with van der Waals surface area (Å²) in [5, 5.41) is 0. The van der Waals surface area contributed by atoms with Gasteiger partial charge >= 0.3 is 0 Å². The number of rotatable bonds is 4. The van der Waals surface area contributed by atoms with Gasteiger partial charge in [-0.05, 0) is 37.3 Å². The number of para-hydroxylation sites is 1. The molecular weight excluding hydrogens is 290 g/mol. The Bertz CT molecular complexity index is 507. The van der Waals surface area contributed by atoms with E-state index in [4.69, 9.17) is 11.5 Å². The average molecular weight is 312 g/mol. The van der Waals surface area contributed by atoms with Crippen LogP contribution in [0.2, 0.25) is 0 Å². The molecule has 21 heavy (non-hydrogen) atoms. The quantitative estimate of drug-likeness (QED) is 0.826. The third-order valence-corrected chi connectivity index (χ3v) is 3.81. The molecule has 1 heterocycles. The molecule has 0 radical (unpaired) electrons. The summed E-state index contributed by atoms with van der Waals surface area (Å²) in [6, 6.07) is 7.08. The first kappa shape index (κ1) is 17.3. The molecule has 1 aromatic carbocycles. The van der Waals surface area contributed by atoms with E-state index < -0.39 is 11.9 Å². The number of hydrogen-bond acceptors (Lipinski definition) is 3. The van der Waals surface area contributed by atoms with Crippen molar-refractivity contribution in [2.75, 3.05) is 12.3 Å². The lowest BCUT2D eigenvalue weighted by Gasteiger charge is -2.33. The van der Waals surface area contributed by atoms with Crippen molar-refractivity contribution < 1.29 is 9.59 Å². The van der Waals surface area contributed by atoms with Crippen LogP contribution in [0.3, 0.4) is 0 Å². The van der Waals surface area contributed by atoms with E-state index in [1.807, 2.05) is 24.3 Å². The summed E-state index contributed by atoms with van der Waals surface area (Å²) < 4.78 is 0. The number of amides is 2. The molecule has 0 aromatic heterocycles. The number of nitrogens with zero attached hydrogens (tertiary/aromatic N) is 1. The molecule has 4 N–H and O–H groups in total. The lowest BCUT2D eigenvalue weighted by Crippen LogP contribution is -2.50. The smallest absolute Gasteiger partial charge is 0.240 e. The van der Waals surface area contributed by atoms with Crippen molar-refractivity contribution >= 4 is 29.9 Å². The molecule has 0 saturated carbocycles. The van der Waals surface area contributed by atoms with Crippen LogP contribution in [0.5, 0.6) is 0 Å². The van der Waals surface area contributed by atoms with E-state index in [0.717, 1.165) is 18.4 Å². The van der Waals surface area contributed by atoms with Gasteiger partial charge in [-0.2, -0.15) is 0 Å². The highest BCUT2D eigenvalue weighted by Gasteiger charge is 2.30. The Balaban J connectivity index is 0.00000220. The van der Waals surface area contributed by atoms with Crippen LogP contribution in [-0.2, 0) is 16.0 Å². The highest BCUT2D eigenvalue weighted by atomic mass is 35.5. The minimum atomic E-state index is -0.440. The first-order valence-electron chi connectivity index (χ1n) is 7.02. The van der Waals surface area contributed by atoms with Crippen LogP contribution < -0.4 is 11.5 Å². The SMILES string of the molecule is Cl.NC(=O)C1CCCCN1C(=O)CCc1ccccc1N. The van der Waals surface area contributed by atoms with Crippen molar-refractivity contribution in [2.45, 2.75) is 38.1 Å². The van der Waals surface area contributed by atoms with Gasteiger partial charge in [0, 0.05) is 18.7 Å². The first-order chi connectivity index (χ1) is 9.59. The van der Waals surface area contributed by atoms with Gasteiger partial charge in [-0.25, -0.2) is 0 Å². The Kier molecular flexibility index (Phi) is 6.49. The molecule has 1 aromatic rings. The van der Waals surface area contributed by atoms with Gasteiger partial charge in [-0.3, -0.25) is 9.59 Å². The van der Waals surface area contributed by atoms with Gasteiger partial charge in [-0.1, -0.05) is 18.2 Å². The van der Waals surface area contributed by atoms with Crippen LogP contribution in [0.15, 0.2) is 24.3 Å². The highest BCUT2D eigenvalue weighted by molar-refractivity contribution is 5.87. The summed E-state index contributed by atoms with van der Waals surface area (Å²) in [6.45, 7) is 0.622. The fourth-order valence-corrected chi connectivity index (χ4v) is 2.67. The summed E-state index contributed by atoms with van der Waals surface area (Å²) in [5.41, 5.74) is 12.9. The molecule has 1 atom stereocenters. The van der Waals surface area contributed by atoms with E-state index in [0.29, 0.717) is 31.5 Å². The fourth-order valence-electron chi connectivity index (χ4n) is 2.67. The molecule has 2 amide bonds. The number of benzene rings is 1. The van der Waals surface area contributed by atoms with Crippen LogP contribution in [0.4, 0.5) is 5.69 Å². The van der Waals surface area contributed by atoms with E-state index in [-0.39, 0.29) is 18.3 Å². The van der Waals surface area contributed by atoms with Crippen molar-refractivity contribution in [1.82, 2.24) is 4.90 Å². The van der Waals surface area contributed by atoms with Crippen LogP contribution in [0, 0.1) is 0 Å². The highest BCUT2D eigenvalue weighted by Crippen LogP contribution is 2.19. The van der Waals surface area contributed by atoms with Crippen LogP contribution in [-0.4, -0.2) is 29.3 Å². The second-order valence-electron chi connectivity index (χ2n) is 5.20. The maximum atomic E-state index is 12.3. The average Bonchev–Trinajstić information content (AvgIpc) is 2.46. The summed E-state index contributed by atoms with van der Waals surface area (Å²) in [5.74, 6) is -0.422. The Morgan fingerprint density at radius 3 is 2.62 bits per heavy atom. The molecule has 0 bridgehead atoms. The Morgan fingerprint density at radius 2 is 1.95 bits per heavy atom. The van der Waals surface area contributed by atoms with Gasteiger partial charge in [0.1, 0.15) is 6.04 Å². The predicted octanol–water partition coefficient (Wildman–Crippen LogP) is 1.49. The van der Waals surface area contributed by atoms with Gasteiger partial charge in [0.25, 0.3) is 0 Å². The number of carbonyl (C=O) groups excluding carboxylic acids is 2. The molecule has 6 heteroatoms. The molecule has 116 valence electrons. The number of hydrogen-bond donors (Lipinski definition) is 2. The Morgan fingerprint density at radius 1 is 1.24 bits per heavy atom. The number of likely N-dealkylation sites (tertiary alicyclic amines) is 1. The summed E-state index contributed by atoms with van der Waals surface area (Å²) >= 11 is 0. The van der Waals surface area contributed by atoms with Crippen LogP contribution >= 0.6 is 12.4 Å². The second-order valence-corrected chi connectivity index (χ2v) is 5.20. The van der Waals surface area contributed by atoms with Crippen molar-refractivity contribution in [3.05, 3.63) is 29.8 Å². The zero-order chi connectivity index (χ0) is 14.5. The van der Waals surface area contributed by atoms with Gasteiger partial charge in [0.05, 0.1) is 0 Å². The molecule has 1 unspecified atom stereocenters. The third kappa shape index (κ3) is 4.36. The van der Waals surface area contributed by atoms with Crippen LogP contribution in [0.1, 0.15) is 31.2 Å². The summed E-state index contributed by atoms with van der Waals surface area (Å²) in [7, 11) is 0. The Hall–Kier alpha value is -1.75. The second kappa shape index (κ2) is 7.88. The fraction of sp³-hybridized carbons (Fsp3) is 0.467. The summed E-state index contributed by atoms with van der Waals surface area (Å²) in [4.78, 5) is 25.3. The molecule has 0 spiro atoms. The lowest BCUT2D eigenvalue weighted by atomic mass is 10.00. The number of primary amides is 1. The van der Waals surface area contributed by atoms with Crippen molar-refractivity contribution in [1.29, 1.82) is 0 Å². The van der Waals surface area contributed by atoms with E-state index in [2.05, 4.69) is 0 Å². The number of nitrogens with two attached hydrogens (primary N) is 2. The Labute approximate surface area is 131 Å². The molecule has 2 rings (SSSR count). The molecule has 0 aliphatic carbocycles. The number of aryl methyl sites for hydroxylation is 1.